The van der Waals surface area contributed by atoms with Gasteiger partial charge in [0.05, 0.1) is 24.1 Å². The van der Waals surface area contributed by atoms with Crippen molar-refractivity contribution >= 4 is 15.8 Å². The molecule has 0 aliphatic heterocycles. The van der Waals surface area contributed by atoms with Crippen LogP contribution in [0.15, 0.2) is 23.2 Å². The number of hydrogen-bond acceptors (Lipinski definition) is 5. The molecule has 0 atom stereocenters. The summed E-state index contributed by atoms with van der Waals surface area (Å²) in [4.78, 5) is 14.9. The maximum absolute atomic E-state index is 11.1. The van der Waals surface area contributed by atoms with Gasteiger partial charge in [0.1, 0.15) is 0 Å². The second-order valence-corrected chi connectivity index (χ2v) is 5.03. The quantitative estimate of drug-likeness (QED) is 0.692. The summed E-state index contributed by atoms with van der Waals surface area (Å²) in [5.41, 5.74) is 0.481. The highest BCUT2D eigenvalue weighted by Crippen LogP contribution is 2.07. The lowest BCUT2D eigenvalue weighted by Crippen LogP contribution is -2.06. The molecular formula is C9H11NO4S. The lowest BCUT2D eigenvalue weighted by molar-refractivity contribution is -0.139. The Hall–Kier alpha value is -1.43. The van der Waals surface area contributed by atoms with Gasteiger partial charge in [-0.3, -0.25) is 9.78 Å². The number of carbonyl (C=O) groups excluding carboxylic acids is 1. The number of sulfone groups is 1. The third-order valence-corrected chi connectivity index (χ3v) is 2.88. The Bertz CT molecular complexity index is 450. The maximum atomic E-state index is 11.1. The zero-order valence-electron chi connectivity index (χ0n) is 8.43. The van der Waals surface area contributed by atoms with Crippen molar-refractivity contribution in [2.75, 3.05) is 13.4 Å². The first kappa shape index (κ1) is 11.6. The minimum Gasteiger partial charge on any atom is -0.469 e. The Labute approximate surface area is 88.0 Å². The fourth-order valence-electron chi connectivity index (χ4n) is 0.955. The van der Waals surface area contributed by atoms with Crippen molar-refractivity contribution in [3.8, 4) is 0 Å². The van der Waals surface area contributed by atoms with Crippen molar-refractivity contribution in [3.63, 3.8) is 0 Å². The molecular weight excluding hydrogens is 218 g/mol. The van der Waals surface area contributed by atoms with E-state index >= 15 is 0 Å². The Morgan fingerprint density at radius 2 is 2.13 bits per heavy atom. The summed E-state index contributed by atoms with van der Waals surface area (Å²) in [6.45, 7) is 0. The zero-order chi connectivity index (χ0) is 11.5. The van der Waals surface area contributed by atoms with Crippen LogP contribution in [0, 0.1) is 0 Å². The van der Waals surface area contributed by atoms with Crippen LogP contribution in [0.1, 0.15) is 5.69 Å². The first-order valence-electron chi connectivity index (χ1n) is 4.15. The van der Waals surface area contributed by atoms with Gasteiger partial charge < -0.3 is 4.74 Å². The van der Waals surface area contributed by atoms with E-state index in [2.05, 4.69) is 9.72 Å². The smallest absolute Gasteiger partial charge is 0.311 e. The molecule has 0 fully saturated rings. The molecule has 0 N–H and O–H groups in total. The fraction of sp³-hybridized carbons (Fsp3) is 0.333. The number of methoxy groups -OCH3 is 1. The molecule has 6 heteroatoms. The van der Waals surface area contributed by atoms with Crippen LogP contribution in [0.2, 0.25) is 0 Å². The molecule has 15 heavy (non-hydrogen) atoms. The van der Waals surface area contributed by atoms with Crippen LogP contribution in [0.5, 0.6) is 0 Å². The second-order valence-electron chi connectivity index (χ2n) is 3.01. The van der Waals surface area contributed by atoms with E-state index in [4.69, 9.17) is 0 Å². The number of hydrogen-bond donors (Lipinski definition) is 0. The number of carbonyl (C=O) groups is 1. The van der Waals surface area contributed by atoms with Crippen molar-refractivity contribution in [3.05, 3.63) is 24.0 Å². The minimum absolute atomic E-state index is 0.0422. The van der Waals surface area contributed by atoms with Crippen LogP contribution < -0.4 is 0 Å². The molecule has 0 saturated carbocycles. The van der Waals surface area contributed by atoms with Crippen molar-refractivity contribution in [2.45, 2.75) is 11.3 Å². The number of aromatic nitrogens is 1. The van der Waals surface area contributed by atoms with E-state index in [0.717, 1.165) is 6.26 Å². The molecule has 1 aromatic heterocycles. The standard InChI is InChI=1S/C9H11NO4S/c1-14-9(11)5-7-3-4-8(6-10-7)15(2,12)13/h3-4,6H,5H2,1-2H3. The topological polar surface area (TPSA) is 73.3 Å². The molecule has 0 aliphatic rings. The minimum atomic E-state index is -3.23. The van der Waals surface area contributed by atoms with Crippen LogP contribution in [-0.4, -0.2) is 32.7 Å². The monoisotopic (exact) mass is 229 g/mol. The highest BCUT2D eigenvalue weighted by atomic mass is 32.2. The highest BCUT2D eigenvalue weighted by molar-refractivity contribution is 7.90. The van der Waals surface area contributed by atoms with E-state index in [9.17, 15) is 13.2 Å². The van der Waals surface area contributed by atoms with E-state index in [1.165, 1.54) is 25.4 Å². The molecule has 0 spiro atoms. The van der Waals surface area contributed by atoms with Gasteiger partial charge in [0.2, 0.25) is 0 Å². The third kappa shape index (κ3) is 3.32. The fourth-order valence-corrected chi connectivity index (χ4v) is 1.51. The first-order chi connectivity index (χ1) is 6.93. The molecule has 1 rings (SSSR count). The maximum Gasteiger partial charge on any atom is 0.311 e. The van der Waals surface area contributed by atoms with Gasteiger partial charge in [0.25, 0.3) is 0 Å². The van der Waals surface area contributed by atoms with Gasteiger partial charge in [-0.1, -0.05) is 0 Å². The van der Waals surface area contributed by atoms with E-state index in [-0.39, 0.29) is 11.3 Å². The highest BCUT2D eigenvalue weighted by Gasteiger charge is 2.08. The molecule has 0 bridgehead atoms. The molecule has 1 aromatic rings. The van der Waals surface area contributed by atoms with Gasteiger partial charge in [-0.05, 0) is 12.1 Å². The summed E-state index contributed by atoms with van der Waals surface area (Å²) in [6, 6.07) is 2.91. The molecule has 5 nitrogen and oxygen atoms in total. The van der Waals surface area contributed by atoms with Crippen LogP contribution in [0.25, 0.3) is 0 Å². The van der Waals surface area contributed by atoms with Gasteiger partial charge in [-0.15, -0.1) is 0 Å². The zero-order valence-corrected chi connectivity index (χ0v) is 9.24. The van der Waals surface area contributed by atoms with Crippen LogP contribution >= 0.6 is 0 Å². The average molecular weight is 229 g/mol. The van der Waals surface area contributed by atoms with Gasteiger partial charge in [-0.25, -0.2) is 8.42 Å². The third-order valence-electron chi connectivity index (χ3n) is 1.78. The SMILES string of the molecule is COC(=O)Cc1ccc(S(C)(=O)=O)cn1. The van der Waals surface area contributed by atoms with E-state index in [1.54, 1.807) is 0 Å². The number of pyridine rings is 1. The number of rotatable bonds is 3. The summed E-state index contributed by atoms with van der Waals surface area (Å²) in [7, 11) is -1.95. The van der Waals surface area contributed by atoms with Gasteiger partial charge in [-0.2, -0.15) is 0 Å². The first-order valence-corrected chi connectivity index (χ1v) is 6.04. The molecule has 1 heterocycles. The van der Waals surface area contributed by atoms with Gasteiger partial charge in [0.15, 0.2) is 9.84 Å². The van der Waals surface area contributed by atoms with E-state index < -0.39 is 15.8 Å². The van der Waals surface area contributed by atoms with Crippen molar-refractivity contribution in [1.82, 2.24) is 4.98 Å². The molecule has 0 amide bonds. The van der Waals surface area contributed by atoms with Crippen LogP contribution in [0.3, 0.4) is 0 Å². The summed E-state index contributed by atoms with van der Waals surface area (Å²) in [5.74, 6) is -0.408. The Morgan fingerprint density at radius 3 is 2.53 bits per heavy atom. The van der Waals surface area contributed by atoms with Crippen molar-refractivity contribution in [1.29, 1.82) is 0 Å². The number of nitrogens with zero attached hydrogens (tertiary/aromatic N) is 1. The summed E-state index contributed by atoms with van der Waals surface area (Å²) < 4.78 is 26.6. The predicted octanol–water partition coefficient (Wildman–Crippen LogP) is 0.201. The van der Waals surface area contributed by atoms with Crippen molar-refractivity contribution < 1.29 is 17.9 Å². The average Bonchev–Trinajstić information content (AvgIpc) is 2.17. The summed E-state index contributed by atoms with van der Waals surface area (Å²) >= 11 is 0. The number of ether oxygens (including phenoxy) is 1. The lowest BCUT2D eigenvalue weighted by atomic mass is 10.3. The number of esters is 1. The Morgan fingerprint density at radius 1 is 1.47 bits per heavy atom. The predicted molar refractivity (Wildman–Crippen MR) is 53.1 cm³/mol. The molecule has 0 aromatic carbocycles. The molecule has 0 saturated heterocycles. The largest absolute Gasteiger partial charge is 0.469 e. The van der Waals surface area contributed by atoms with Gasteiger partial charge in [0, 0.05) is 12.5 Å². The molecule has 0 radical (unpaired) electrons. The Kier molecular flexibility index (Phi) is 3.41. The van der Waals surface area contributed by atoms with Crippen LogP contribution in [-0.2, 0) is 25.8 Å². The van der Waals surface area contributed by atoms with Crippen molar-refractivity contribution in [2.24, 2.45) is 0 Å². The molecule has 0 unspecified atom stereocenters. The lowest BCUT2D eigenvalue weighted by Gasteiger charge is -2.00. The Balaban J connectivity index is 2.86. The van der Waals surface area contributed by atoms with Gasteiger partial charge >= 0.3 is 5.97 Å². The summed E-state index contributed by atoms with van der Waals surface area (Å²) in [6.07, 6.45) is 2.37. The normalized spacial score (nSPS) is 11.1. The van der Waals surface area contributed by atoms with Crippen LogP contribution in [0.4, 0.5) is 0 Å². The van der Waals surface area contributed by atoms with E-state index in [0.29, 0.717) is 5.69 Å². The second kappa shape index (κ2) is 4.39. The molecule has 82 valence electrons. The summed E-state index contributed by atoms with van der Waals surface area (Å²) in [5, 5.41) is 0. The van der Waals surface area contributed by atoms with E-state index in [1.807, 2.05) is 0 Å². The molecule has 0 aliphatic carbocycles.